The summed E-state index contributed by atoms with van der Waals surface area (Å²) < 4.78 is 0. The van der Waals surface area contributed by atoms with Gasteiger partial charge in [-0.05, 0) is 0 Å². The van der Waals surface area contributed by atoms with Crippen LogP contribution in [0.25, 0.3) is 0 Å². The molecule has 0 aromatic heterocycles. The summed E-state index contributed by atoms with van der Waals surface area (Å²) in [6.45, 7) is 7.59. The zero-order valence-electron chi connectivity index (χ0n) is 7.23. The van der Waals surface area contributed by atoms with E-state index in [9.17, 15) is 0 Å². The van der Waals surface area contributed by atoms with E-state index in [0.29, 0.717) is 0 Å². The average molecular weight is 140 g/mol. The molecule has 0 amide bonds. The number of hydrogen-bond acceptors (Lipinski definition) is 2. The first-order valence-electron chi connectivity index (χ1n) is 3.66. The first-order chi connectivity index (χ1) is 4.50. The van der Waals surface area contributed by atoms with Crippen molar-refractivity contribution in [2.45, 2.75) is 20.8 Å². The standard InChI is InChI=1S/C8H16N2/c1-8(2,3)7-5-10(4)6-9-7/h5,9H,6H2,1-4H3. The molecule has 1 aliphatic heterocycles. The summed E-state index contributed by atoms with van der Waals surface area (Å²) in [7, 11) is 2.08. The van der Waals surface area contributed by atoms with E-state index >= 15 is 0 Å². The van der Waals surface area contributed by atoms with E-state index in [4.69, 9.17) is 0 Å². The van der Waals surface area contributed by atoms with Gasteiger partial charge in [-0.1, -0.05) is 20.8 Å². The van der Waals surface area contributed by atoms with Crippen LogP contribution in [0.1, 0.15) is 20.8 Å². The van der Waals surface area contributed by atoms with Crippen LogP contribution in [-0.2, 0) is 0 Å². The van der Waals surface area contributed by atoms with Crippen molar-refractivity contribution in [3.8, 4) is 0 Å². The van der Waals surface area contributed by atoms with Gasteiger partial charge in [-0.15, -0.1) is 0 Å². The highest BCUT2D eigenvalue weighted by molar-refractivity contribution is 5.11. The molecule has 0 bridgehead atoms. The van der Waals surface area contributed by atoms with E-state index in [0.717, 1.165) is 6.67 Å². The highest BCUT2D eigenvalue weighted by Crippen LogP contribution is 2.24. The van der Waals surface area contributed by atoms with Crippen LogP contribution in [0.3, 0.4) is 0 Å². The van der Waals surface area contributed by atoms with Crippen LogP contribution in [0.15, 0.2) is 11.9 Å². The van der Waals surface area contributed by atoms with Crippen molar-refractivity contribution in [3.05, 3.63) is 11.9 Å². The minimum absolute atomic E-state index is 0.269. The van der Waals surface area contributed by atoms with Gasteiger partial charge in [-0.3, -0.25) is 0 Å². The van der Waals surface area contributed by atoms with E-state index in [1.54, 1.807) is 0 Å². The Balaban J connectivity index is 2.67. The fourth-order valence-electron chi connectivity index (χ4n) is 0.980. The van der Waals surface area contributed by atoms with Gasteiger partial charge in [-0.25, -0.2) is 0 Å². The number of nitrogens with one attached hydrogen (secondary N) is 1. The summed E-state index contributed by atoms with van der Waals surface area (Å²) in [5.74, 6) is 0. The van der Waals surface area contributed by atoms with Gasteiger partial charge in [0, 0.05) is 24.4 Å². The fourth-order valence-corrected chi connectivity index (χ4v) is 0.980. The summed E-state index contributed by atoms with van der Waals surface area (Å²) in [6, 6.07) is 0. The molecule has 0 aliphatic carbocycles. The zero-order valence-corrected chi connectivity index (χ0v) is 7.23. The lowest BCUT2D eigenvalue weighted by Gasteiger charge is -2.19. The molecule has 0 aromatic carbocycles. The third kappa shape index (κ3) is 1.43. The lowest BCUT2D eigenvalue weighted by molar-refractivity contribution is 0.449. The smallest absolute Gasteiger partial charge is 0.0866 e. The van der Waals surface area contributed by atoms with E-state index in [-0.39, 0.29) is 5.41 Å². The van der Waals surface area contributed by atoms with Crippen molar-refractivity contribution in [2.75, 3.05) is 13.7 Å². The fraction of sp³-hybridized carbons (Fsp3) is 0.750. The molecule has 0 fully saturated rings. The second kappa shape index (κ2) is 2.19. The van der Waals surface area contributed by atoms with E-state index < -0.39 is 0 Å². The van der Waals surface area contributed by atoms with Crippen molar-refractivity contribution in [1.82, 2.24) is 10.2 Å². The molecule has 1 rings (SSSR count). The van der Waals surface area contributed by atoms with Gasteiger partial charge in [0.15, 0.2) is 0 Å². The molecule has 10 heavy (non-hydrogen) atoms. The van der Waals surface area contributed by atoms with E-state index in [1.165, 1.54) is 5.70 Å². The molecule has 0 atom stereocenters. The summed E-state index contributed by atoms with van der Waals surface area (Å²) in [4.78, 5) is 2.15. The van der Waals surface area contributed by atoms with Crippen molar-refractivity contribution in [3.63, 3.8) is 0 Å². The Bertz CT molecular complexity index is 153. The Morgan fingerprint density at radius 3 is 2.30 bits per heavy atom. The minimum Gasteiger partial charge on any atom is -0.370 e. The number of nitrogens with zero attached hydrogens (tertiary/aromatic N) is 1. The molecule has 1 N–H and O–H groups in total. The molecule has 0 saturated heterocycles. The molecule has 0 saturated carbocycles. The normalized spacial score (nSPS) is 18.8. The summed E-state index contributed by atoms with van der Waals surface area (Å²) in [5, 5.41) is 3.33. The topological polar surface area (TPSA) is 15.3 Å². The van der Waals surface area contributed by atoms with Gasteiger partial charge in [0.25, 0.3) is 0 Å². The van der Waals surface area contributed by atoms with Crippen LogP contribution >= 0.6 is 0 Å². The predicted molar refractivity (Wildman–Crippen MR) is 43.3 cm³/mol. The molecule has 2 nitrogen and oxygen atoms in total. The number of allylic oxidation sites excluding steroid dienone is 1. The molecule has 1 aliphatic rings. The van der Waals surface area contributed by atoms with Gasteiger partial charge in [0.05, 0.1) is 6.67 Å². The third-order valence-corrected chi connectivity index (χ3v) is 1.68. The quantitative estimate of drug-likeness (QED) is 0.546. The van der Waals surface area contributed by atoms with Crippen molar-refractivity contribution < 1.29 is 0 Å². The average Bonchev–Trinajstić information content (AvgIpc) is 2.11. The van der Waals surface area contributed by atoms with Crippen LogP contribution < -0.4 is 5.32 Å². The Morgan fingerprint density at radius 2 is 2.10 bits per heavy atom. The lowest BCUT2D eigenvalue weighted by Crippen LogP contribution is -2.22. The Kier molecular flexibility index (Phi) is 1.63. The van der Waals surface area contributed by atoms with Crippen molar-refractivity contribution >= 4 is 0 Å². The van der Waals surface area contributed by atoms with Crippen LogP contribution in [-0.4, -0.2) is 18.6 Å². The molecule has 2 heteroatoms. The lowest BCUT2D eigenvalue weighted by atomic mass is 9.93. The maximum atomic E-state index is 3.33. The Hall–Kier alpha value is -0.660. The van der Waals surface area contributed by atoms with Gasteiger partial charge >= 0.3 is 0 Å². The monoisotopic (exact) mass is 140 g/mol. The first-order valence-corrected chi connectivity index (χ1v) is 3.66. The highest BCUT2D eigenvalue weighted by atomic mass is 15.2. The number of hydrogen-bond donors (Lipinski definition) is 1. The summed E-state index contributed by atoms with van der Waals surface area (Å²) in [5.41, 5.74) is 1.60. The second-order valence-electron chi connectivity index (χ2n) is 3.88. The molecular weight excluding hydrogens is 124 g/mol. The van der Waals surface area contributed by atoms with Crippen LogP contribution in [0.2, 0.25) is 0 Å². The van der Waals surface area contributed by atoms with Crippen LogP contribution in [0.5, 0.6) is 0 Å². The predicted octanol–water partition coefficient (Wildman–Crippen LogP) is 1.37. The van der Waals surface area contributed by atoms with Gasteiger partial charge in [0.1, 0.15) is 0 Å². The number of rotatable bonds is 0. The molecule has 0 spiro atoms. The maximum Gasteiger partial charge on any atom is 0.0866 e. The molecule has 58 valence electrons. The van der Waals surface area contributed by atoms with Crippen LogP contribution in [0.4, 0.5) is 0 Å². The largest absolute Gasteiger partial charge is 0.370 e. The molecule has 1 heterocycles. The van der Waals surface area contributed by atoms with Crippen LogP contribution in [0, 0.1) is 5.41 Å². The highest BCUT2D eigenvalue weighted by Gasteiger charge is 2.20. The first kappa shape index (κ1) is 7.45. The third-order valence-electron chi connectivity index (χ3n) is 1.68. The molecule has 0 aromatic rings. The Labute approximate surface area is 62.9 Å². The van der Waals surface area contributed by atoms with E-state index in [1.807, 2.05) is 0 Å². The molecule has 0 radical (unpaired) electrons. The summed E-state index contributed by atoms with van der Waals surface area (Å²) in [6.07, 6.45) is 2.17. The molecular formula is C8H16N2. The van der Waals surface area contributed by atoms with Gasteiger partial charge < -0.3 is 10.2 Å². The SMILES string of the molecule is CN1C=C(C(C)(C)C)NC1. The van der Waals surface area contributed by atoms with Crippen molar-refractivity contribution in [1.29, 1.82) is 0 Å². The summed E-state index contributed by atoms with van der Waals surface area (Å²) >= 11 is 0. The van der Waals surface area contributed by atoms with Gasteiger partial charge in [0.2, 0.25) is 0 Å². The van der Waals surface area contributed by atoms with Gasteiger partial charge in [-0.2, -0.15) is 0 Å². The van der Waals surface area contributed by atoms with E-state index in [2.05, 4.69) is 44.2 Å². The zero-order chi connectivity index (χ0) is 7.78. The molecule has 0 unspecified atom stereocenters. The van der Waals surface area contributed by atoms with Crippen molar-refractivity contribution in [2.24, 2.45) is 5.41 Å². The second-order valence-corrected chi connectivity index (χ2v) is 3.88. The Morgan fingerprint density at radius 1 is 1.50 bits per heavy atom. The minimum atomic E-state index is 0.269. The maximum absolute atomic E-state index is 3.33.